The van der Waals surface area contributed by atoms with Crippen molar-refractivity contribution in [3.05, 3.63) is 29.8 Å². The molecular weight excluding hydrogens is 526 g/mol. The quantitative estimate of drug-likeness (QED) is 0.241. The van der Waals surface area contributed by atoms with Gasteiger partial charge in [0.15, 0.2) is 6.61 Å². The van der Waals surface area contributed by atoms with Gasteiger partial charge in [0.25, 0.3) is 5.12 Å². The van der Waals surface area contributed by atoms with Crippen LogP contribution in [0, 0.1) is 0 Å². The maximum Gasteiger partial charge on any atom is 0.460 e. The first-order valence-electron chi connectivity index (χ1n) is 7.64. The highest BCUT2D eigenvalue weighted by Crippen LogP contribution is 2.49. The molecule has 0 heterocycles. The smallest absolute Gasteiger partial charge is 0.455 e. The van der Waals surface area contributed by atoms with Crippen LogP contribution in [0.3, 0.4) is 0 Å². The van der Waals surface area contributed by atoms with E-state index < -0.39 is 76.0 Å². The van der Waals surface area contributed by atoms with Gasteiger partial charge in [0.2, 0.25) is 0 Å². The fourth-order valence-electron chi connectivity index (χ4n) is 1.73. The van der Waals surface area contributed by atoms with Gasteiger partial charge >= 0.3 is 42.0 Å². The highest BCUT2D eigenvalue weighted by Gasteiger charge is 2.76. The highest BCUT2D eigenvalue weighted by molar-refractivity contribution is 8.14. The average Bonchev–Trinajstić information content (AvgIpc) is 2.64. The number of benzene rings is 1. The van der Waals surface area contributed by atoms with Crippen LogP contribution in [0.1, 0.15) is 10.4 Å². The van der Waals surface area contributed by atoms with E-state index in [0.29, 0.717) is 12.1 Å². The van der Waals surface area contributed by atoms with E-state index >= 15 is 0 Å². The van der Waals surface area contributed by atoms with Crippen LogP contribution in [-0.4, -0.2) is 53.7 Å². The third-order valence-electron chi connectivity index (χ3n) is 3.52. The second-order valence-electron chi connectivity index (χ2n) is 5.88. The first-order chi connectivity index (χ1) is 14.5. The molecule has 0 spiro atoms. The number of alkyl halides is 14. The lowest BCUT2D eigenvalue weighted by atomic mass is 10.1. The summed E-state index contributed by atoms with van der Waals surface area (Å²) in [6.45, 7) is -2.91. The van der Waals surface area contributed by atoms with Crippen molar-refractivity contribution in [3.63, 3.8) is 0 Å². The first kappa shape index (κ1) is 28.8. The van der Waals surface area contributed by atoms with E-state index in [-0.39, 0.29) is 0 Å². The Morgan fingerprint density at radius 3 is 1.64 bits per heavy atom. The normalized spacial score (nSPS) is 14.2. The predicted octanol–water partition coefficient (Wildman–Crippen LogP) is 6.13. The van der Waals surface area contributed by atoms with Gasteiger partial charge in [0.05, 0.1) is 5.56 Å². The molecule has 18 heteroatoms. The summed E-state index contributed by atoms with van der Waals surface area (Å²) >= 11 is -1.09. The Morgan fingerprint density at radius 2 is 1.18 bits per heavy atom. The van der Waals surface area contributed by atoms with E-state index in [1.807, 2.05) is 0 Å². The van der Waals surface area contributed by atoms with Crippen molar-refractivity contribution in [2.24, 2.45) is 0 Å². The Labute approximate surface area is 177 Å². The molecule has 3 nitrogen and oxygen atoms in total. The summed E-state index contributed by atoms with van der Waals surface area (Å²) in [6, 6.07) is 2.48. The van der Waals surface area contributed by atoms with Gasteiger partial charge in [-0.1, -0.05) is 12.1 Å². The third kappa shape index (κ3) is 5.46. The van der Waals surface area contributed by atoms with Crippen molar-refractivity contribution in [2.45, 2.75) is 40.9 Å². The number of thioether (sulfide) groups is 1. The minimum atomic E-state index is -6.89. The Balaban J connectivity index is 3.14. The summed E-state index contributed by atoms with van der Waals surface area (Å²) in [5.41, 5.74) is -1.27. The van der Waals surface area contributed by atoms with Crippen LogP contribution in [0.2, 0.25) is 0 Å². The number of carbonyl (C=O) groups is 2. The number of rotatable bonds is 7. The average molecular weight is 532 g/mol. The van der Waals surface area contributed by atoms with Crippen LogP contribution < -0.4 is 0 Å². The number of carbonyl (C=O) groups excluding carboxylic acids is 2. The second-order valence-corrected chi connectivity index (χ2v) is 6.90. The van der Waals surface area contributed by atoms with Gasteiger partial charge in [-0.3, -0.25) is 4.79 Å². The molecule has 1 aromatic rings. The first-order valence-corrected chi connectivity index (χ1v) is 8.45. The van der Waals surface area contributed by atoms with E-state index in [4.69, 9.17) is 0 Å². The Kier molecular flexibility index (Phi) is 7.69. The molecule has 0 saturated heterocycles. The van der Waals surface area contributed by atoms with Crippen molar-refractivity contribution >= 4 is 22.8 Å². The van der Waals surface area contributed by atoms with Gasteiger partial charge in [0, 0.05) is 4.90 Å². The number of ether oxygens (including phenoxy) is 1. The summed E-state index contributed by atoms with van der Waals surface area (Å²) in [6.07, 6.45) is -13.7. The summed E-state index contributed by atoms with van der Waals surface area (Å²) in [5.74, 6) is -28.2. The Hall–Kier alpha value is -2.27. The Morgan fingerprint density at radius 1 is 0.727 bits per heavy atom. The topological polar surface area (TPSA) is 43.4 Å². The van der Waals surface area contributed by atoms with Crippen LogP contribution in [0.25, 0.3) is 0 Å². The molecule has 0 aromatic heterocycles. The van der Waals surface area contributed by atoms with Crippen molar-refractivity contribution in [1.82, 2.24) is 0 Å². The van der Waals surface area contributed by atoms with E-state index in [9.17, 15) is 71.1 Å². The maximum absolute atomic E-state index is 13.4. The van der Waals surface area contributed by atoms with Crippen molar-refractivity contribution in [1.29, 1.82) is 0 Å². The predicted molar refractivity (Wildman–Crippen MR) is 79.5 cm³/mol. The molecule has 0 saturated carbocycles. The molecule has 0 atom stereocenters. The number of halogens is 14. The third-order valence-corrected chi connectivity index (χ3v) is 4.53. The minimum Gasteiger partial charge on any atom is -0.455 e. The zero-order chi connectivity index (χ0) is 26.3. The summed E-state index contributed by atoms with van der Waals surface area (Å²) in [7, 11) is 0. The van der Waals surface area contributed by atoms with Crippen LogP contribution >= 0.6 is 11.8 Å². The van der Waals surface area contributed by atoms with Gasteiger partial charge in [-0.2, -0.15) is 61.5 Å². The second kappa shape index (κ2) is 8.83. The molecular formula is C15H6F14O3S. The van der Waals surface area contributed by atoms with Gasteiger partial charge in [-0.25, -0.2) is 4.79 Å². The van der Waals surface area contributed by atoms with E-state index in [1.54, 1.807) is 0 Å². The van der Waals surface area contributed by atoms with Gasteiger partial charge in [-0.15, -0.1) is 0 Å². The zero-order valence-corrected chi connectivity index (χ0v) is 15.8. The van der Waals surface area contributed by atoms with Gasteiger partial charge in [-0.05, 0) is 23.9 Å². The molecule has 0 unspecified atom stereocenters. The number of hydrogen-bond acceptors (Lipinski definition) is 4. The molecule has 188 valence electrons. The summed E-state index contributed by atoms with van der Waals surface area (Å²) < 4.78 is 181. The fraction of sp³-hybridized carbons (Fsp3) is 0.467. The van der Waals surface area contributed by atoms with Gasteiger partial charge in [0.1, 0.15) is 0 Å². The lowest BCUT2D eigenvalue weighted by Crippen LogP contribution is -2.55. The van der Waals surface area contributed by atoms with Crippen molar-refractivity contribution in [2.75, 3.05) is 6.61 Å². The van der Waals surface area contributed by atoms with E-state index in [2.05, 4.69) is 4.74 Å². The molecule has 0 aliphatic carbocycles. The highest BCUT2D eigenvalue weighted by atomic mass is 32.2. The molecule has 0 bridgehead atoms. The SMILES string of the molecule is O=C(OCC(F)(F)C(F)(F)C(F)(F)F)c1ccccc1SC(=O)C(F)(F)C(F)(F)C(F)(F)F. The monoisotopic (exact) mass is 532 g/mol. The lowest BCUT2D eigenvalue weighted by Gasteiger charge is -2.27. The molecule has 33 heavy (non-hydrogen) atoms. The molecule has 1 rings (SSSR count). The van der Waals surface area contributed by atoms with Crippen LogP contribution in [-0.2, 0) is 9.53 Å². The number of hydrogen-bond donors (Lipinski definition) is 0. The molecule has 0 fully saturated rings. The standard InChI is InChI=1S/C15H6F14O3S/c16-10(17,12(20,21)14(24,25)26)5-32-8(30)6-3-1-2-4-7(6)33-9(31)11(18,19)13(22,23)15(27,28)29/h1-4H,5H2. The number of esters is 1. The van der Waals surface area contributed by atoms with E-state index in [0.717, 1.165) is 12.1 Å². The molecule has 0 radical (unpaired) electrons. The van der Waals surface area contributed by atoms with Crippen LogP contribution in [0.4, 0.5) is 61.5 Å². The zero-order valence-electron chi connectivity index (χ0n) is 14.9. The largest absolute Gasteiger partial charge is 0.460 e. The minimum absolute atomic E-state index is 0.442. The molecule has 1 aromatic carbocycles. The van der Waals surface area contributed by atoms with Crippen LogP contribution in [0.5, 0.6) is 0 Å². The molecule has 0 aliphatic heterocycles. The fourth-order valence-corrected chi connectivity index (χ4v) is 2.59. The summed E-state index contributed by atoms with van der Waals surface area (Å²) in [5, 5.41) is -3.17. The van der Waals surface area contributed by atoms with Crippen molar-refractivity contribution in [3.8, 4) is 0 Å². The van der Waals surface area contributed by atoms with Gasteiger partial charge < -0.3 is 4.74 Å². The van der Waals surface area contributed by atoms with Crippen LogP contribution in [0.15, 0.2) is 29.2 Å². The molecule has 0 amide bonds. The maximum atomic E-state index is 13.4. The molecule has 0 aliphatic rings. The lowest BCUT2D eigenvalue weighted by molar-refractivity contribution is -0.359. The summed E-state index contributed by atoms with van der Waals surface area (Å²) in [4.78, 5) is 22.0. The van der Waals surface area contributed by atoms with Crippen molar-refractivity contribution < 1.29 is 75.8 Å². The Bertz CT molecular complexity index is 891. The van der Waals surface area contributed by atoms with E-state index in [1.165, 1.54) is 0 Å². The molecule has 0 N–H and O–H groups in total.